The molecular formula is C6H15N3. The van der Waals surface area contributed by atoms with Gasteiger partial charge in [0.15, 0.2) is 0 Å². The molecule has 0 amide bonds. The quantitative estimate of drug-likeness (QED) is 0.563. The maximum atomic E-state index is 5.56. The van der Waals surface area contributed by atoms with Gasteiger partial charge in [-0.25, -0.2) is 0 Å². The van der Waals surface area contributed by atoms with Crippen LogP contribution in [-0.2, 0) is 0 Å². The third-order valence-electron chi connectivity index (χ3n) is 0.907. The molecule has 0 spiro atoms. The Labute approximate surface area is 56.7 Å². The normalized spacial score (nSPS) is 11.3. The Kier molecular flexibility index (Phi) is 2.91. The predicted octanol–water partition coefficient (Wildman–Crippen LogP) is -0.133. The van der Waals surface area contributed by atoms with Crippen LogP contribution in [-0.4, -0.2) is 38.0 Å². The molecule has 3 heteroatoms. The van der Waals surface area contributed by atoms with E-state index in [-0.39, 0.29) is 0 Å². The molecule has 0 atom stereocenters. The molecule has 0 aliphatic heterocycles. The van der Waals surface area contributed by atoms with Gasteiger partial charge in [0, 0.05) is 34.4 Å². The van der Waals surface area contributed by atoms with Crippen LogP contribution in [0.2, 0.25) is 0 Å². The smallest absolute Gasteiger partial charge is 0.114 e. The van der Waals surface area contributed by atoms with Crippen LogP contribution in [0.15, 0.2) is 12.0 Å². The lowest BCUT2D eigenvalue weighted by Gasteiger charge is -2.14. The fourth-order valence-corrected chi connectivity index (χ4v) is 0.380. The summed E-state index contributed by atoms with van der Waals surface area (Å²) < 4.78 is 0. The van der Waals surface area contributed by atoms with Crippen molar-refractivity contribution in [3.63, 3.8) is 0 Å². The van der Waals surface area contributed by atoms with E-state index in [4.69, 9.17) is 5.73 Å². The summed E-state index contributed by atoms with van der Waals surface area (Å²) in [5, 5.41) is 0. The zero-order chi connectivity index (χ0) is 7.44. The van der Waals surface area contributed by atoms with Gasteiger partial charge in [-0.15, -0.1) is 0 Å². The molecule has 0 bridgehead atoms. The lowest BCUT2D eigenvalue weighted by atomic mass is 10.6. The first-order chi connectivity index (χ1) is 4.04. The van der Waals surface area contributed by atoms with E-state index >= 15 is 0 Å². The van der Waals surface area contributed by atoms with Gasteiger partial charge in [0.05, 0.1) is 0 Å². The summed E-state index contributed by atoms with van der Waals surface area (Å²) in [6, 6.07) is 0. The van der Waals surface area contributed by atoms with Crippen molar-refractivity contribution in [2.45, 2.75) is 0 Å². The Morgan fingerprint density at radius 1 is 1.22 bits per heavy atom. The molecule has 0 saturated carbocycles. The molecule has 2 N–H and O–H groups in total. The molecular weight excluding hydrogens is 114 g/mol. The van der Waals surface area contributed by atoms with Crippen molar-refractivity contribution in [1.82, 2.24) is 9.80 Å². The first-order valence-electron chi connectivity index (χ1n) is 2.85. The van der Waals surface area contributed by atoms with Gasteiger partial charge in [-0.2, -0.15) is 0 Å². The minimum atomic E-state index is 0.764. The van der Waals surface area contributed by atoms with Gasteiger partial charge in [0.2, 0.25) is 0 Å². The van der Waals surface area contributed by atoms with E-state index < -0.39 is 0 Å². The predicted molar refractivity (Wildman–Crippen MR) is 39.6 cm³/mol. The van der Waals surface area contributed by atoms with Crippen molar-refractivity contribution < 1.29 is 0 Å². The SMILES string of the molecule is CN(C)C=C(N)N(C)C. The van der Waals surface area contributed by atoms with Crippen molar-refractivity contribution in [2.24, 2.45) is 5.73 Å². The molecule has 0 rings (SSSR count). The summed E-state index contributed by atoms with van der Waals surface area (Å²) in [6.45, 7) is 0. The summed E-state index contributed by atoms with van der Waals surface area (Å²) in [6.07, 6.45) is 1.86. The van der Waals surface area contributed by atoms with Gasteiger partial charge in [-0.05, 0) is 0 Å². The Hall–Kier alpha value is -0.860. The molecule has 0 heterocycles. The fraction of sp³-hybridized carbons (Fsp3) is 0.667. The third kappa shape index (κ3) is 3.70. The Morgan fingerprint density at radius 2 is 1.67 bits per heavy atom. The van der Waals surface area contributed by atoms with Gasteiger partial charge in [-0.1, -0.05) is 0 Å². The zero-order valence-corrected chi connectivity index (χ0v) is 6.55. The maximum Gasteiger partial charge on any atom is 0.114 e. The van der Waals surface area contributed by atoms with E-state index in [1.807, 2.05) is 44.2 Å². The third-order valence-corrected chi connectivity index (χ3v) is 0.907. The summed E-state index contributed by atoms with van der Waals surface area (Å²) in [5.41, 5.74) is 5.56. The highest BCUT2D eigenvalue weighted by Crippen LogP contribution is 1.88. The second-order valence-corrected chi connectivity index (χ2v) is 2.41. The standard InChI is InChI=1S/C6H15N3/c1-8(2)5-6(7)9(3)4/h5H,7H2,1-4H3. The molecule has 0 aliphatic carbocycles. The van der Waals surface area contributed by atoms with Crippen molar-refractivity contribution in [1.29, 1.82) is 0 Å². The Morgan fingerprint density at radius 3 is 1.78 bits per heavy atom. The lowest BCUT2D eigenvalue weighted by molar-refractivity contribution is 0.467. The number of hydrogen-bond acceptors (Lipinski definition) is 3. The van der Waals surface area contributed by atoms with E-state index in [1.165, 1.54) is 0 Å². The zero-order valence-electron chi connectivity index (χ0n) is 6.55. The van der Waals surface area contributed by atoms with Crippen LogP contribution in [0.1, 0.15) is 0 Å². The Bertz CT molecular complexity index is 105. The average molecular weight is 129 g/mol. The molecule has 0 fully saturated rings. The maximum absolute atomic E-state index is 5.56. The van der Waals surface area contributed by atoms with Crippen LogP contribution in [0.4, 0.5) is 0 Å². The molecule has 0 saturated heterocycles. The molecule has 0 unspecified atom stereocenters. The van der Waals surface area contributed by atoms with Crippen LogP contribution < -0.4 is 5.73 Å². The van der Waals surface area contributed by atoms with E-state index in [0.29, 0.717) is 0 Å². The van der Waals surface area contributed by atoms with Crippen molar-refractivity contribution in [2.75, 3.05) is 28.2 Å². The van der Waals surface area contributed by atoms with E-state index in [1.54, 1.807) is 0 Å². The minimum absolute atomic E-state index is 0.764. The van der Waals surface area contributed by atoms with Crippen LogP contribution >= 0.6 is 0 Å². The fourth-order valence-electron chi connectivity index (χ4n) is 0.380. The van der Waals surface area contributed by atoms with Gasteiger partial charge in [0.1, 0.15) is 5.82 Å². The van der Waals surface area contributed by atoms with Gasteiger partial charge >= 0.3 is 0 Å². The Balaban J connectivity index is 3.84. The number of nitrogens with two attached hydrogens (primary N) is 1. The molecule has 0 aromatic heterocycles. The van der Waals surface area contributed by atoms with Crippen molar-refractivity contribution in [3.05, 3.63) is 12.0 Å². The van der Waals surface area contributed by atoms with Gasteiger partial charge in [0.25, 0.3) is 0 Å². The highest BCUT2D eigenvalue weighted by atomic mass is 15.2. The average Bonchev–Trinajstić information content (AvgIpc) is 1.63. The molecule has 0 radical (unpaired) electrons. The van der Waals surface area contributed by atoms with Crippen molar-refractivity contribution >= 4 is 0 Å². The molecule has 3 nitrogen and oxygen atoms in total. The van der Waals surface area contributed by atoms with Gasteiger partial charge < -0.3 is 15.5 Å². The highest BCUT2D eigenvalue weighted by Gasteiger charge is 1.89. The molecule has 0 aromatic carbocycles. The van der Waals surface area contributed by atoms with Gasteiger partial charge in [-0.3, -0.25) is 0 Å². The van der Waals surface area contributed by atoms with E-state index in [0.717, 1.165) is 5.82 Å². The number of rotatable bonds is 2. The minimum Gasteiger partial charge on any atom is -0.384 e. The molecule has 0 aromatic rings. The van der Waals surface area contributed by atoms with Crippen LogP contribution in [0, 0.1) is 0 Å². The molecule has 9 heavy (non-hydrogen) atoms. The summed E-state index contributed by atoms with van der Waals surface area (Å²) in [7, 11) is 7.71. The second-order valence-electron chi connectivity index (χ2n) is 2.41. The summed E-state index contributed by atoms with van der Waals surface area (Å²) >= 11 is 0. The topological polar surface area (TPSA) is 32.5 Å². The lowest BCUT2D eigenvalue weighted by Crippen LogP contribution is -2.21. The monoisotopic (exact) mass is 129 g/mol. The van der Waals surface area contributed by atoms with E-state index in [9.17, 15) is 0 Å². The first kappa shape index (κ1) is 8.14. The largest absolute Gasteiger partial charge is 0.384 e. The molecule has 0 aliphatic rings. The van der Waals surface area contributed by atoms with E-state index in [2.05, 4.69) is 0 Å². The molecule has 54 valence electrons. The summed E-state index contributed by atoms with van der Waals surface area (Å²) in [5.74, 6) is 0.764. The first-order valence-corrected chi connectivity index (χ1v) is 2.85. The highest BCUT2D eigenvalue weighted by molar-refractivity contribution is 4.91. The summed E-state index contributed by atoms with van der Waals surface area (Å²) in [4.78, 5) is 3.77. The second kappa shape index (κ2) is 3.22. The van der Waals surface area contributed by atoms with Crippen molar-refractivity contribution in [3.8, 4) is 0 Å². The van der Waals surface area contributed by atoms with Crippen LogP contribution in [0.3, 0.4) is 0 Å². The number of hydrogen-bond donors (Lipinski definition) is 1. The van der Waals surface area contributed by atoms with Crippen LogP contribution in [0.25, 0.3) is 0 Å². The number of nitrogens with zero attached hydrogens (tertiary/aromatic N) is 2. The van der Waals surface area contributed by atoms with Crippen LogP contribution in [0.5, 0.6) is 0 Å².